The maximum absolute atomic E-state index is 4.92. The van der Waals surface area contributed by atoms with Crippen LogP contribution in [0, 0.1) is 0 Å². The van der Waals surface area contributed by atoms with E-state index in [1.165, 1.54) is 10.5 Å². The second kappa shape index (κ2) is 6.88. The van der Waals surface area contributed by atoms with Crippen LogP contribution >= 0.6 is 11.8 Å². The highest BCUT2D eigenvalue weighted by atomic mass is 32.2. The predicted octanol–water partition coefficient (Wildman–Crippen LogP) is 2.88. The Morgan fingerprint density at radius 3 is 2.47 bits per heavy atom. The lowest BCUT2D eigenvalue weighted by Crippen LogP contribution is -2.15. The Morgan fingerprint density at radius 2 is 1.93 bits per heavy atom. The highest BCUT2D eigenvalue weighted by Gasteiger charge is 1.98. The second-order valence-corrected chi connectivity index (χ2v) is 5.32. The van der Waals surface area contributed by atoms with Gasteiger partial charge in [0.15, 0.2) is 0 Å². The molecule has 0 radical (unpaired) electrons. The van der Waals surface area contributed by atoms with Crippen molar-refractivity contribution < 1.29 is 4.74 Å². The van der Waals surface area contributed by atoms with Gasteiger partial charge < -0.3 is 4.74 Å². The predicted molar refractivity (Wildman–Crippen MR) is 66.2 cm³/mol. The van der Waals surface area contributed by atoms with Gasteiger partial charge in [-0.05, 0) is 17.7 Å². The van der Waals surface area contributed by atoms with E-state index < -0.39 is 0 Å². The molecule has 3 heteroatoms. The average Bonchev–Trinajstić information content (AvgIpc) is 2.20. The van der Waals surface area contributed by atoms with E-state index in [2.05, 4.69) is 43.4 Å². The first kappa shape index (κ1) is 12.6. The summed E-state index contributed by atoms with van der Waals surface area (Å²) in [5, 5.41) is 3.82. The van der Waals surface area contributed by atoms with Crippen LogP contribution in [0.3, 0.4) is 0 Å². The molecule has 0 spiro atoms. The molecular weight excluding hydrogens is 206 g/mol. The number of benzene rings is 1. The van der Waals surface area contributed by atoms with Crippen molar-refractivity contribution in [3.8, 4) is 0 Å². The van der Waals surface area contributed by atoms with Crippen molar-refractivity contribution in [3.63, 3.8) is 0 Å². The van der Waals surface area contributed by atoms with Gasteiger partial charge in [-0.3, -0.25) is 5.32 Å². The van der Waals surface area contributed by atoms with Gasteiger partial charge >= 0.3 is 0 Å². The molecule has 15 heavy (non-hydrogen) atoms. The summed E-state index contributed by atoms with van der Waals surface area (Å²) in [4.78, 5) is 1.33. The highest BCUT2D eigenvalue weighted by Crippen LogP contribution is 2.22. The van der Waals surface area contributed by atoms with E-state index in [1.807, 2.05) is 11.8 Å². The van der Waals surface area contributed by atoms with Gasteiger partial charge in [-0.1, -0.05) is 26.0 Å². The summed E-state index contributed by atoms with van der Waals surface area (Å²) in [6.07, 6.45) is 0. The molecule has 0 fully saturated rings. The van der Waals surface area contributed by atoms with Gasteiger partial charge in [0.1, 0.15) is 0 Å². The Balaban J connectivity index is 2.42. The largest absolute Gasteiger partial charge is 0.370 e. The van der Waals surface area contributed by atoms with Crippen molar-refractivity contribution in [3.05, 3.63) is 29.8 Å². The zero-order valence-corrected chi connectivity index (χ0v) is 10.4. The third-order valence-electron chi connectivity index (χ3n) is 1.87. The summed E-state index contributed by atoms with van der Waals surface area (Å²) in [6.45, 7) is 5.88. The monoisotopic (exact) mass is 225 g/mol. The molecule has 1 aromatic carbocycles. The number of rotatable bonds is 6. The second-order valence-electron chi connectivity index (χ2n) is 3.67. The summed E-state index contributed by atoms with van der Waals surface area (Å²) in [5.41, 5.74) is 1.29. The standard InChI is InChI=1S/C12H19NOS/c1-10(2)15-12-6-4-11(5-7-12)8-13-9-14-3/h4-7,10,13H,8-9H2,1-3H3. The molecule has 0 atom stereocenters. The Labute approximate surface area is 96.4 Å². The van der Waals surface area contributed by atoms with Crippen LogP contribution in [0.25, 0.3) is 0 Å². The normalized spacial score (nSPS) is 10.9. The van der Waals surface area contributed by atoms with E-state index in [0.717, 1.165) is 6.54 Å². The van der Waals surface area contributed by atoms with Crippen molar-refractivity contribution in [1.82, 2.24) is 5.32 Å². The van der Waals surface area contributed by atoms with Crippen molar-refractivity contribution >= 4 is 11.8 Å². The van der Waals surface area contributed by atoms with Crippen molar-refractivity contribution in [2.45, 2.75) is 30.5 Å². The molecule has 1 N–H and O–H groups in total. The van der Waals surface area contributed by atoms with E-state index >= 15 is 0 Å². The minimum atomic E-state index is 0.600. The number of ether oxygens (including phenoxy) is 1. The van der Waals surface area contributed by atoms with Crippen LogP contribution in [0.15, 0.2) is 29.2 Å². The lowest BCUT2D eigenvalue weighted by atomic mass is 10.2. The SMILES string of the molecule is COCNCc1ccc(SC(C)C)cc1. The van der Waals surface area contributed by atoms with Gasteiger partial charge in [0.05, 0.1) is 6.73 Å². The number of methoxy groups -OCH3 is 1. The molecule has 0 aliphatic carbocycles. The fraction of sp³-hybridized carbons (Fsp3) is 0.500. The molecule has 2 nitrogen and oxygen atoms in total. The van der Waals surface area contributed by atoms with E-state index in [4.69, 9.17) is 4.74 Å². The Kier molecular flexibility index (Phi) is 5.76. The molecule has 0 unspecified atom stereocenters. The fourth-order valence-electron chi connectivity index (χ4n) is 1.26. The molecule has 1 aromatic rings. The summed E-state index contributed by atoms with van der Waals surface area (Å²) in [5.74, 6) is 0. The van der Waals surface area contributed by atoms with Gasteiger partial charge in [-0.2, -0.15) is 0 Å². The summed E-state index contributed by atoms with van der Waals surface area (Å²) in [6, 6.07) is 8.67. The zero-order valence-electron chi connectivity index (χ0n) is 9.62. The van der Waals surface area contributed by atoms with Gasteiger partial charge in [-0.25, -0.2) is 0 Å². The topological polar surface area (TPSA) is 21.3 Å². The van der Waals surface area contributed by atoms with Crippen molar-refractivity contribution in [2.24, 2.45) is 0 Å². The summed E-state index contributed by atoms with van der Waals surface area (Å²) >= 11 is 1.89. The van der Waals surface area contributed by atoms with Crippen LogP contribution in [0.1, 0.15) is 19.4 Å². The van der Waals surface area contributed by atoms with Crippen LogP contribution in [-0.4, -0.2) is 19.1 Å². The first-order valence-electron chi connectivity index (χ1n) is 5.17. The minimum absolute atomic E-state index is 0.600. The maximum atomic E-state index is 4.92. The summed E-state index contributed by atoms with van der Waals surface area (Å²) < 4.78 is 4.92. The molecular formula is C12H19NOS. The third-order valence-corrected chi connectivity index (χ3v) is 2.89. The molecule has 0 heterocycles. The third kappa shape index (κ3) is 5.21. The number of hydrogen-bond acceptors (Lipinski definition) is 3. The Morgan fingerprint density at radius 1 is 1.27 bits per heavy atom. The molecule has 0 aromatic heterocycles. The zero-order chi connectivity index (χ0) is 11.1. The number of nitrogens with one attached hydrogen (secondary N) is 1. The Hall–Kier alpha value is -0.510. The van der Waals surface area contributed by atoms with Crippen molar-refractivity contribution in [2.75, 3.05) is 13.8 Å². The number of hydrogen-bond donors (Lipinski definition) is 1. The maximum Gasteiger partial charge on any atom is 0.0964 e. The van der Waals surface area contributed by atoms with E-state index in [-0.39, 0.29) is 0 Å². The first-order chi connectivity index (χ1) is 7.22. The van der Waals surface area contributed by atoms with Crippen LogP contribution in [0.5, 0.6) is 0 Å². The Bertz CT molecular complexity index is 271. The smallest absolute Gasteiger partial charge is 0.0964 e. The molecule has 0 aliphatic heterocycles. The van der Waals surface area contributed by atoms with E-state index in [9.17, 15) is 0 Å². The van der Waals surface area contributed by atoms with Crippen LogP contribution in [-0.2, 0) is 11.3 Å². The van der Waals surface area contributed by atoms with Gasteiger partial charge in [0.2, 0.25) is 0 Å². The number of thioether (sulfide) groups is 1. The van der Waals surface area contributed by atoms with E-state index in [1.54, 1.807) is 7.11 Å². The average molecular weight is 225 g/mol. The minimum Gasteiger partial charge on any atom is -0.370 e. The summed E-state index contributed by atoms with van der Waals surface area (Å²) in [7, 11) is 1.69. The first-order valence-corrected chi connectivity index (χ1v) is 6.05. The molecule has 0 saturated heterocycles. The van der Waals surface area contributed by atoms with Crippen LogP contribution in [0.4, 0.5) is 0 Å². The van der Waals surface area contributed by atoms with E-state index in [0.29, 0.717) is 12.0 Å². The van der Waals surface area contributed by atoms with Crippen LogP contribution in [0.2, 0.25) is 0 Å². The van der Waals surface area contributed by atoms with Gasteiger partial charge in [0.25, 0.3) is 0 Å². The molecule has 0 aliphatic rings. The van der Waals surface area contributed by atoms with Gasteiger partial charge in [-0.15, -0.1) is 11.8 Å². The lowest BCUT2D eigenvalue weighted by Gasteiger charge is -2.07. The van der Waals surface area contributed by atoms with Crippen LogP contribution < -0.4 is 5.32 Å². The molecule has 0 amide bonds. The fourth-order valence-corrected chi connectivity index (χ4v) is 2.09. The molecule has 0 saturated carbocycles. The molecule has 0 bridgehead atoms. The lowest BCUT2D eigenvalue weighted by molar-refractivity contribution is 0.174. The van der Waals surface area contributed by atoms with Gasteiger partial charge in [0, 0.05) is 23.8 Å². The quantitative estimate of drug-likeness (QED) is 0.457. The van der Waals surface area contributed by atoms with Crippen molar-refractivity contribution in [1.29, 1.82) is 0 Å². The highest BCUT2D eigenvalue weighted by molar-refractivity contribution is 7.99. The molecule has 1 rings (SSSR count). The molecule has 84 valence electrons.